The van der Waals surface area contributed by atoms with Gasteiger partial charge >= 0.3 is 0 Å². The molecule has 2 amide bonds. The maximum absolute atomic E-state index is 13.1. The largest absolute Gasteiger partial charge is 0.478 e. The molecule has 2 aromatic rings. The van der Waals surface area contributed by atoms with E-state index in [1.165, 1.54) is 17.8 Å². The van der Waals surface area contributed by atoms with Gasteiger partial charge in [0, 0.05) is 4.90 Å². The smallest absolute Gasteiger partial charge is 0.263 e. The van der Waals surface area contributed by atoms with Crippen LogP contribution in [0.3, 0.4) is 0 Å². The van der Waals surface area contributed by atoms with E-state index in [4.69, 9.17) is 4.74 Å². The SMILES string of the molecule is Cc1cc2c(cc1F)SCC(=O)N2.Cc1ncc2c(n1)NC(=O)CO2. The highest BCUT2D eigenvalue weighted by molar-refractivity contribution is 8.00. The van der Waals surface area contributed by atoms with E-state index in [1.54, 1.807) is 26.1 Å². The first kappa shape index (κ1) is 17.2. The maximum Gasteiger partial charge on any atom is 0.263 e. The number of rotatable bonds is 0. The Balaban J connectivity index is 0.000000146. The van der Waals surface area contributed by atoms with E-state index in [0.717, 1.165) is 10.6 Å². The van der Waals surface area contributed by atoms with Crippen LogP contribution in [0.2, 0.25) is 0 Å². The van der Waals surface area contributed by atoms with Crippen molar-refractivity contribution in [2.75, 3.05) is 23.0 Å². The average molecular weight is 362 g/mol. The van der Waals surface area contributed by atoms with Gasteiger partial charge in [-0.15, -0.1) is 11.8 Å². The predicted molar refractivity (Wildman–Crippen MR) is 91.4 cm³/mol. The second-order valence-corrected chi connectivity index (χ2v) is 6.42. The zero-order valence-corrected chi connectivity index (χ0v) is 14.4. The summed E-state index contributed by atoms with van der Waals surface area (Å²) in [6, 6.07) is 3.13. The number of nitrogens with zero attached hydrogens (tertiary/aromatic N) is 2. The van der Waals surface area contributed by atoms with Gasteiger partial charge in [0.2, 0.25) is 5.91 Å². The molecule has 4 rings (SSSR count). The van der Waals surface area contributed by atoms with Crippen LogP contribution < -0.4 is 15.4 Å². The van der Waals surface area contributed by atoms with Crippen LogP contribution in [0.5, 0.6) is 5.75 Å². The molecule has 9 heteroatoms. The zero-order valence-electron chi connectivity index (χ0n) is 13.6. The van der Waals surface area contributed by atoms with Gasteiger partial charge in [-0.1, -0.05) is 0 Å². The second-order valence-electron chi connectivity index (χ2n) is 5.40. The first-order chi connectivity index (χ1) is 11.9. The molecule has 3 heterocycles. The van der Waals surface area contributed by atoms with Crippen molar-refractivity contribution in [3.05, 3.63) is 35.5 Å². The minimum atomic E-state index is -0.220. The average Bonchev–Trinajstić information content (AvgIpc) is 2.56. The molecule has 2 N–H and O–H groups in total. The monoisotopic (exact) mass is 362 g/mol. The minimum Gasteiger partial charge on any atom is -0.478 e. The van der Waals surface area contributed by atoms with Crippen molar-refractivity contribution in [3.63, 3.8) is 0 Å². The standard InChI is InChI=1S/C9H8FNOS.C7H7N3O2/c1-5-2-7-8(3-6(5)10)13-4-9(12)11-7;1-4-8-2-5-7(9-4)10-6(11)3-12-5/h2-3H,4H2,1H3,(H,11,12);2H,3H2,1H3,(H,8,9,10,11). The molecular formula is C16H15FN4O3S. The van der Waals surface area contributed by atoms with E-state index in [2.05, 4.69) is 20.6 Å². The van der Waals surface area contributed by atoms with Crippen molar-refractivity contribution in [1.29, 1.82) is 0 Å². The van der Waals surface area contributed by atoms with Gasteiger partial charge in [0.15, 0.2) is 18.2 Å². The van der Waals surface area contributed by atoms with Gasteiger partial charge in [0.1, 0.15) is 11.6 Å². The Hall–Kier alpha value is -2.68. The second kappa shape index (κ2) is 7.06. The minimum absolute atomic E-state index is 0.0245. The summed E-state index contributed by atoms with van der Waals surface area (Å²) in [6.45, 7) is 3.47. The van der Waals surface area contributed by atoms with E-state index in [1.807, 2.05) is 0 Å². The first-order valence-electron chi connectivity index (χ1n) is 7.41. The van der Waals surface area contributed by atoms with Gasteiger partial charge in [-0.05, 0) is 31.5 Å². The van der Waals surface area contributed by atoms with Crippen LogP contribution in [0, 0.1) is 19.7 Å². The Morgan fingerprint density at radius 2 is 2.00 bits per heavy atom. The van der Waals surface area contributed by atoms with Crippen LogP contribution in [0.15, 0.2) is 23.2 Å². The van der Waals surface area contributed by atoms with E-state index in [9.17, 15) is 14.0 Å². The summed E-state index contributed by atoms with van der Waals surface area (Å²) in [7, 11) is 0. The number of aromatic nitrogens is 2. The summed E-state index contributed by atoms with van der Waals surface area (Å²) in [6.07, 6.45) is 1.55. The van der Waals surface area contributed by atoms with E-state index < -0.39 is 0 Å². The molecule has 1 aromatic carbocycles. The van der Waals surface area contributed by atoms with E-state index >= 15 is 0 Å². The number of amides is 2. The number of carbonyl (C=O) groups excluding carboxylic acids is 2. The molecule has 2 aliphatic rings. The number of thioether (sulfide) groups is 1. The van der Waals surface area contributed by atoms with Crippen LogP contribution in [0.25, 0.3) is 0 Å². The van der Waals surface area contributed by atoms with Crippen molar-refractivity contribution >= 4 is 35.1 Å². The lowest BCUT2D eigenvalue weighted by atomic mass is 10.2. The molecular weight excluding hydrogens is 347 g/mol. The number of hydrogen-bond acceptors (Lipinski definition) is 6. The molecule has 0 saturated carbocycles. The Labute approximate surface area is 147 Å². The maximum atomic E-state index is 13.1. The molecule has 0 spiro atoms. The fourth-order valence-electron chi connectivity index (χ4n) is 2.18. The molecule has 2 aliphatic heterocycles. The van der Waals surface area contributed by atoms with E-state index in [0.29, 0.717) is 28.7 Å². The number of ether oxygens (including phenoxy) is 1. The number of nitrogens with one attached hydrogen (secondary N) is 2. The van der Waals surface area contributed by atoms with Crippen molar-refractivity contribution in [1.82, 2.24) is 9.97 Å². The highest BCUT2D eigenvalue weighted by atomic mass is 32.2. The fourth-order valence-corrected chi connectivity index (χ4v) is 2.99. The Kier molecular flexibility index (Phi) is 4.84. The fraction of sp³-hybridized carbons (Fsp3) is 0.250. The molecule has 0 aliphatic carbocycles. The third kappa shape index (κ3) is 4.05. The van der Waals surface area contributed by atoms with Gasteiger partial charge in [0.05, 0.1) is 17.6 Å². The third-order valence-corrected chi connectivity index (χ3v) is 4.44. The molecule has 0 fully saturated rings. The highest BCUT2D eigenvalue weighted by Gasteiger charge is 2.17. The van der Waals surface area contributed by atoms with Crippen LogP contribution in [-0.2, 0) is 9.59 Å². The molecule has 0 radical (unpaired) electrons. The quantitative estimate of drug-likeness (QED) is 0.747. The molecule has 1 aromatic heterocycles. The molecule has 0 atom stereocenters. The van der Waals surface area contributed by atoms with Crippen LogP contribution in [0.1, 0.15) is 11.4 Å². The number of halogens is 1. The topological polar surface area (TPSA) is 93.2 Å². The molecule has 0 saturated heterocycles. The summed E-state index contributed by atoms with van der Waals surface area (Å²) in [4.78, 5) is 30.6. The third-order valence-electron chi connectivity index (χ3n) is 3.39. The summed E-state index contributed by atoms with van der Waals surface area (Å²) < 4.78 is 18.1. The van der Waals surface area contributed by atoms with Crippen molar-refractivity contribution in [3.8, 4) is 5.75 Å². The summed E-state index contributed by atoms with van der Waals surface area (Å²) in [5, 5.41) is 5.29. The lowest BCUT2D eigenvalue weighted by Crippen LogP contribution is -2.26. The van der Waals surface area contributed by atoms with Crippen LogP contribution in [-0.4, -0.2) is 34.1 Å². The zero-order chi connectivity index (χ0) is 18.0. The summed E-state index contributed by atoms with van der Waals surface area (Å²) >= 11 is 1.37. The lowest BCUT2D eigenvalue weighted by Gasteiger charge is -2.16. The van der Waals surface area contributed by atoms with Gasteiger partial charge in [-0.25, -0.2) is 14.4 Å². The van der Waals surface area contributed by atoms with Crippen molar-refractivity contribution in [2.24, 2.45) is 0 Å². The lowest BCUT2D eigenvalue weighted by molar-refractivity contribution is -0.118. The molecule has 25 heavy (non-hydrogen) atoms. The van der Waals surface area contributed by atoms with Crippen molar-refractivity contribution in [2.45, 2.75) is 18.7 Å². The number of anilines is 2. The molecule has 7 nitrogen and oxygen atoms in total. The highest BCUT2D eigenvalue weighted by Crippen LogP contribution is 2.33. The number of carbonyl (C=O) groups is 2. The Bertz CT molecular complexity index is 860. The van der Waals surface area contributed by atoms with Crippen LogP contribution >= 0.6 is 11.8 Å². The van der Waals surface area contributed by atoms with Gasteiger partial charge in [-0.2, -0.15) is 0 Å². The van der Waals surface area contributed by atoms with E-state index in [-0.39, 0.29) is 24.2 Å². The van der Waals surface area contributed by atoms with Gasteiger partial charge < -0.3 is 15.4 Å². The first-order valence-corrected chi connectivity index (χ1v) is 8.40. The normalized spacial score (nSPS) is 14.8. The molecule has 130 valence electrons. The molecule has 0 bridgehead atoms. The predicted octanol–water partition coefficient (Wildman–Crippen LogP) is 2.29. The number of benzene rings is 1. The Morgan fingerprint density at radius 3 is 2.80 bits per heavy atom. The van der Waals surface area contributed by atoms with Gasteiger partial charge in [-0.3, -0.25) is 9.59 Å². The Morgan fingerprint density at radius 1 is 1.20 bits per heavy atom. The van der Waals surface area contributed by atoms with Gasteiger partial charge in [0.25, 0.3) is 5.91 Å². The number of hydrogen-bond donors (Lipinski definition) is 2. The van der Waals surface area contributed by atoms with Crippen molar-refractivity contribution < 1.29 is 18.7 Å². The number of fused-ring (bicyclic) bond motifs is 2. The number of aryl methyl sites for hydroxylation is 2. The summed E-state index contributed by atoms with van der Waals surface area (Å²) in [5.41, 5.74) is 1.28. The van der Waals surface area contributed by atoms with Crippen LogP contribution in [0.4, 0.5) is 15.9 Å². The summed E-state index contributed by atoms with van der Waals surface area (Å²) in [5.74, 6) is 1.54. The molecule has 0 unspecified atom stereocenters.